The Morgan fingerprint density at radius 3 is 3.06 bits per heavy atom. The van der Waals surface area contributed by atoms with Crippen LogP contribution in [0.25, 0.3) is 0 Å². The Morgan fingerprint density at radius 2 is 2.24 bits per heavy atom. The van der Waals surface area contributed by atoms with Gasteiger partial charge in [0.15, 0.2) is 0 Å². The van der Waals surface area contributed by atoms with Crippen molar-refractivity contribution in [2.24, 2.45) is 5.73 Å². The third kappa shape index (κ3) is 2.17. The molecule has 3 nitrogen and oxygen atoms in total. The van der Waals surface area contributed by atoms with Gasteiger partial charge in [-0.1, -0.05) is 18.2 Å². The van der Waals surface area contributed by atoms with E-state index in [0.717, 1.165) is 32.6 Å². The summed E-state index contributed by atoms with van der Waals surface area (Å²) in [6, 6.07) is 8.71. The first-order valence-corrected chi connectivity index (χ1v) is 6.59. The maximum Gasteiger partial charge on any atom is 0.0459 e. The van der Waals surface area contributed by atoms with Crippen LogP contribution in [0.4, 0.5) is 5.69 Å². The largest absolute Gasteiger partial charge is 0.369 e. The summed E-state index contributed by atoms with van der Waals surface area (Å²) < 4.78 is 0. The number of rotatable bonds is 2. The number of piperidine rings is 1. The minimum absolute atomic E-state index is 0.0459. The van der Waals surface area contributed by atoms with Gasteiger partial charge in [0.1, 0.15) is 0 Å². The van der Waals surface area contributed by atoms with Crippen molar-refractivity contribution in [3.8, 4) is 0 Å². The Kier molecular flexibility index (Phi) is 2.81. The number of nitrogens with two attached hydrogens (primary N) is 1. The van der Waals surface area contributed by atoms with E-state index in [9.17, 15) is 0 Å². The predicted octanol–water partition coefficient (Wildman–Crippen LogP) is 1.13. The second-order valence-corrected chi connectivity index (χ2v) is 5.44. The predicted molar refractivity (Wildman–Crippen MR) is 71.4 cm³/mol. The number of fused-ring (bicyclic) bond motifs is 1. The highest BCUT2D eigenvalue weighted by atomic mass is 15.2. The maximum atomic E-state index is 6.49. The van der Waals surface area contributed by atoms with Gasteiger partial charge in [-0.2, -0.15) is 0 Å². The van der Waals surface area contributed by atoms with E-state index < -0.39 is 0 Å². The van der Waals surface area contributed by atoms with Gasteiger partial charge in [-0.3, -0.25) is 0 Å². The number of anilines is 1. The average molecular weight is 231 g/mol. The molecule has 3 N–H and O–H groups in total. The molecule has 1 saturated heterocycles. The molecule has 1 unspecified atom stereocenters. The van der Waals surface area contributed by atoms with Crippen molar-refractivity contribution in [1.29, 1.82) is 0 Å². The van der Waals surface area contributed by atoms with Gasteiger partial charge in [-0.05, 0) is 37.4 Å². The lowest BCUT2D eigenvalue weighted by Gasteiger charge is -2.38. The molecule has 3 rings (SSSR count). The van der Waals surface area contributed by atoms with Crippen molar-refractivity contribution < 1.29 is 0 Å². The smallest absolute Gasteiger partial charge is 0.0459 e. The van der Waals surface area contributed by atoms with Crippen LogP contribution in [0, 0.1) is 0 Å². The Balaban J connectivity index is 1.74. The highest BCUT2D eigenvalue weighted by Gasteiger charge is 2.31. The van der Waals surface area contributed by atoms with Gasteiger partial charge < -0.3 is 16.0 Å². The van der Waals surface area contributed by atoms with Gasteiger partial charge in [0.2, 0.25) is 0 Å². The molecule has 1 aromatic rings. The van der Waals surface area contributed by atoms with Crippen molar-refractivity contribution >= 4 is 5.69 Å². The van der Waals surface area contributed by atoms with Crippen LogP contribution in [-0.4, -0.2) is 31.7 Å². The van der Waals surface area contributed by atoms with E-state index in [0.29, 0.717) is 0 Å². The summed E-state index contributed by atoms with van der Waals surface area (Å²) in [5.41, 5.74) is 9.31. The van der Waals surface area contributed by atoms with Crippen LogP contribution in [0.1, 0.15) is 18.4 Å². The van der Waals surface area contributed by atoms with Crippen LogP contribution in [0.2, 0.25) is 0 Å². The summed E-state index contributed by atoms with van der Waals surface area (Å²) >= 11 is 0. The summed E-state index contributed by atoms with van der Waals surface area (Å²) in [7, 11) is 0. The molecule has 2 aliphatic heterocycles. The van der Waals surface area contributed by atoms with Crippen molar-refractivity contribution in [3.05, 3.63) is 29.8 Å². The van der Waals surface area contributed by atoms with Gasteiger partial charge in [0.05, 0.1) is 0 Å². The van der Waals surface area contributed by atoms with Crippen molar-refractivity contribution in [2.75, 3.05) is 31.1 Å². The second kappa shape index (κ2) is 4.31. The Morgan fingerprint density at radius 1 is 1.35 bits per heavy atom. The molecule has 2 heterocycles. The quantitative estimate of drug-likeness (QED) is 0.801. The van der Waals surface area contributed by atoms with Crippen LogP contribution in [0.15, 0.2) is 24.3 Å². The lowest BCUT2D eigenvalue weighted by Crippen LogP contribution is -2.59. The molecule has 1 fully saturated rings. The summed E-state index contributed by atoms with van der Waals surface area (Å²) in [4.78, 5) is 2.46. The molecule has 0 saturated carbocycles. The molecule has 0 spiro atoms. The molecule has 0 bridgehead atoms. The topological polar surface area (TPSA) is 41.3 Å². The zero-order valence-electron chi connectivity index (χ0n) is 10.3. The van der Waals surface area contributed by atoms with Crippen molar-refractivity contribution in [2.45, 2.75) is 24.8 Å². The van der Waals surface area contributed by atoms with Crippen LogP contribution in [0.3, 0.4) is 0 Å². The Hall–Kier alpha value is -1.06. The summed E-state index contributed by atoms with van der Waals surface area (Å²) in [6.07, 6.45) is 3.50. The lowest BCUT2D eigenvalue weighted by atomic mass is 9.90. The van der Waals surface area contributed by atoms with Gasteiger partial charge in [-0.25, -0.2) is 0 Å². The Labute approximate surface area is 103 Å². The fourth-order valence-electron chi connectivity index (χ4n) is 3.08. The number of para-hydroxylation sites is 1. The van der Waals surface area contributed by atoms with E-state index in [2.05, 4.69) is 34.5 Å². The Bertz CT molecular complexity index is 396. The molecule has 0 aromatic heterocycles. The van der Waals surface area contributed by atoms with E-state index >= 15 is 0 Å². The third-order valence-corrected chi connectivity index (χ3v) is 3.99. The van der Waals surface area contributed by atoms with E-state index in [1.54, 1.807) is 0 Å². The monoisotopic (exact) mass is 231 g/mol. The molecule has 0 radical (unpaired) electrons. The number of hydrogen-bond donors (Lipinski definition) is 2. The molecule has 1 atom stereocenters. The second-order valence-electron chi connectivity index (χ2n) is 5.44. The molecule has 2 aliphatic rings. The molecule has 1 aromatic carbocycles. The van der Waals surface area contributed by atoms with Gasteiger partial charge in [0, 0.05) is 30.9 Å². The lowest BCUT2D eigenvalue weighted by molar-refractivity contribution is 0.317. The molecule has 92 valence electrons. The fraction of sp³-hybridized carbons (Fsp3) is 0.571. The highest BCUT2D eigenvalue weighted by Crippen LogP contribution is 2.29. The van der Waals surface area contributed by atoms with Gasteiger partial charge in [-0.15, -0.1) is 0 Å². The van der Waals surface area contributed by atoms with Crippen LogP contribution in [-0.2, 0) is 6.42 Å². The molecule has 0 aliphatic carbocycles. The van der Waals surface area contributed by atoms with Crippen LogP contribution >= 0.6 is 0 Å². The van der Waals surface area contributed by atoms with Gasteiger partial charge in [0.25, 0.3) is 0 Å². The van der Waals surface area contributed by atoms with E-state index in [1.165, 1.54) is 24.1 Å². The highest BCUT2D eigenvalue weighted by molar-refractivity contribution is 5.58. The number of benzene rings is 1. The molecule has 17 heavy (non-hydrogen) atoms. The standard InChI is InChI=1S/C14H21N3/c15-14(7-3-8-16-10-14)11-17-9-6-12-4-1-2-5-13(12)17/h1-2,4-5,16H,3,6-11,15H2. The maximum absolute atomic E-state index is 6.49. The molecule has 3 heteroatoms. The summed E-state index contributed by atoms with van der Waals surface area (Å²) in [5, 5.41) is 3.42. The van der Waals surface area contributed by atoms with Gasteiger partial charge >= 0.3 is 0 Å². The first-order valence-electron chi connectivity index (χ1n) is 6.59. The third-order valence-electron chi connectivity index (χ3n) is 3.99. The number of nitrogens with one attached hydrogen (secondary N) is 1. The SMILES string of the molecule is NC1(CN2CCc3ccccc32)CCCNC1. The number of nitrogens with zero attached hydrogens (tertiary/aromatic N) is 1. The summed E-state index contributed by atoms with van der Waals surface area (Å²) in [5.74, 6) is 0. The van der Waals surface area contributed by atoms with E-state index in [4.69, 9.17) is 5.73 Å². The first-order chi connectivity index (χ1) is 8.27. The van der Waals surface area contributed by atoms with E-state index in [-0.39, 0.29) is 5.54 Å². The van der Waals surface area contributed by atoms with Crippen molar-refractivity contribution in [3.63, 3.8) is 0 Å². The zero-order chi connectivity index (χ0) is 11.7. The van der Waals surface area contributed by atoms with Crippen LogP contribution < -0.4 is 16.0 Å². The molecular formula is C14H21N3. The minimum Gasteiger partial charge on any atom is -0.369 e. The number of hydrogen-bond acceptors (Lipinski definition) is 3. The van der Waals surface area contributed by atoms with E-state index in [1.807, 2.05) is 0 Å². The summed E-state index contributed by atoms with van der Waals surface area (Å²) in [6.45, 7) is 4.18. The minimum atomic E-state index is -0.0459. The van der Waals surface area contributed by atoms with Crippen molar-refractivity contribution in [1.82, 2.24) is 5.32 Å². The molecule has 0 amide bonds. The average Bonchev–Trinajstić information content (AvgIpc) is 2.73. The zero-order valence-corrected chi connectivity index (χ0v) is 10.3. The normalized spacial score (nSPS) is 28.2. The van der Waals surface area contributed by atoms with Crippen LogP contribution in [0.5, 0.6) is 0 Å². The fourth-order valence-corrected chi connectivity index (χ4v) is 3.08. The first kappa shape index (κ1) is 11.1. The molecular weight excluding hydrogens is 210 g/mol.